The number of aromatic nitrogens is 3. The SMILES string of the molecule is O=S(=O)(F)N1CCC(c2nnc3n2CCCC3)CC1. The van der Waals surface area contributed by atoms with E-state index in [9.17, 15) is 12.3 Å². The van der Waals surface area contributed by atoms with E-state index in [1.807, 2.05) is 0 Å². The van der Waals surface area contributed by atoms with Crippen LogP contribution in [0.15, 0.2) is 0 Å². The lowest BCUT2D eigenvalue weighted by Gasteiger charge is -2.28. The minimum absolute atomic E-state index is 0.192. The molecule has 2 aliphatic heterocycles. The van der Waals surface area contributed by atoms with Gasteiger partial charge in [-0.25, -0.2) is 0 Å². The van der Waals surface area contributed by atoms with Crippen molar-refractivity contribution >= 4 is 10.4 Å². The highest BCUT2D eigenvalue weighted by Gasteiger charge is 2.31. The molecule has 0 bridgehead atoms. The minimum atomic E-state index is -4.54. The zero-order chi connectivity index (χ0) is 13.5. The molecule has 1 fully saturated rings. The summed E-state index contributed by atoms with van der Waals surface area (Å²) in [7, 11) is -4.54. The van der Waals surface area contributed by atoms with Crippen LogP contribution in [0, 0.1) is 0 Å². The van der Waals surface area contributed by atoms with E-state index in [0.717, 1.165) is 41.8 Å². The topological polar surface area (TPSA) is 68.1 Å². The molecular formula is C11H17FN4O2S. The Hall–Kier alpha value is -1.02. The summed E-state index contributed by atoms with van der Waals surface area (Å²) in [5.41, 5.74) is 0. The van der Waals surface area contributed by atoms with Crippen LogP contribution in [0.25, 0.3) is 0 Å². The largest absolute Gasteiger partial charge is 0.374 e. The van der Waals surface area contributed by atoms with Crippen molar-refractivity contribution in [2.75, 3.05) is 13.1 Å². The number of halogens is 1. The molecule has 0 aromatic carbocycles. The summed E-state index contributed by atoms with van der Waals surface area (Å²) in [5.74, 6) is 2.17. The van der Waals surface area contributed by atoms with E-state index in [-0.39, 0.29) is 19.0 Å². The van der Waals surface area contributed by atoms with Gasteiger partial charge in [0.05, 0.1) is 0 Å². The van der Waals surface area contributed by atoms with Gasteiger partial charge in [-0.3, -0.25) is 0 Å². The lowest BCUT2D eigenvalue weighted by molar-refractivity contribution is 0.295. The molecule has 1 aromatic heterocycles. The Morgan fingerprint density at radius 2 is 1.84 bits per heavy atom. The first-order valence-corrected chi connectivity index (χ1v) is 8.01. The molecule has 0 atom stereocenters. The Kier molecular flexibility index (Phi) is 3.30. The van der Waals surface area contributed by atoms with Crippen molar-refractivity contribution in [3.8, 4) is 0 Å². The first-order chi connectivity index (χ1) is 9.05. The highest BCUT2D eigenvalue weighted by Crippen LogP contribution is 2.30. The van der Waals surface area contributed by atoms with Gasteiger partial charge in [0, 0.05) is 32.0 Å². The van der Waals surface area contributed by atoms with E-state index in [0.29, 0.717) is 12.8 Å². The van der Waals surface area contributed by atoms with Gasteiger partial charge in [-0.15, -0.1) is 10.2 Å². The van der Waals surface area contributed by atoms with E-state index >= 15 is 0 Å². The van der Waals surface area contributed by atoms with Crippen LogP contribution >= 0.6 is 0 Å². The standard InChI is InChI=1S/C11H17FN4O2S/c12-19(17,18)15-7-4-9(5-8-15)11-14-13-10-3-1-2-6-16(10)11/h9H,1-8H2. The van der Waals surface area contributed by atoms with Crippen LogP contribution in [-0.4, -0.2) is 40.6 Å². The van der Waals surface area contributed by atoms with Crippen molar-refractivity contribution in [1.29, 1.82) is 0 Å². The summed E-state index contributed by atoms with van der Waals surface area (Å²) in [6, 6.07) is 0. The second-order valence-electron chi connectivity index (χ2n) is 5.20. The van der Waals surface area contributed by atoms with Crippen LogP contribution in [-0.2, 0) is 23.4 Å². The molecule has 0 amide bonds. The fraction of sp³-hybridized carbons (Fsp3) is 0.818. The summed E-state index contributed by atoms with van der Waals surface area (Å²) in [6.45, 7) is 1.40. The number of fused-ring (bicyclic) bond motifs is 1. The summed E-state index contributed by atoms with van der Waals surface area (Å²) in [5, 5.41) is 8.47. The van der Waals surface area contributed by atoms with Gasteiger partial charge in [-0.05, 0) is 25.7 Å². The third-order valence-electron chi connectivity index (χ3n) is 4.02. The van der Waals surface area contributed by atoms with Crippen LogP contribution in [0.5, 0.6) is 0 Å². The van der Waals surface area contributed by atoms with Crippen LogP contribution in [0.3, 0.4) is 0 Å². The van der Waals surface area contributed by atoms with Crippen molar-refractivity contribution in [1.82, 2.24) is 19.1 Å². The molecule has 1 saturated heterocycles. The number of hydrogen-bond donors (Lipinski definition) is 0. The van der Waals surface area contributed by atoms with Crippen molar-refractivity contribution < 1.29 is 12.3 Å². The number of piperidine rings is 1. The lowest BCUT2D eigenvalue weighted by atomic mass is 9.97. The molecular weight excluding hydrogens is 271 g/mol. The molecule has 0 unspecified atom stereocenters. The van der Waals surface area contributed by atoms with Crippen LogP contribution in [0.1, 0.15) is 43.3 Å². The molecule has 8 heteroatoms. The highest BCUT2D eigenvalue weighted by atomic mass is 32.3. The highest BCUT2D eigenvalue weighted by molar-refractivity contribution is 7.83. The molecule has 3 rings (SSSR count). The van der Waals surface area contributed by atoms with E-state index in [1.165, 1.54) is 0 Å². The first-order valence-electron chi connectivity index (χ1n) is 6.67. The third kappa shape index (κ3) is 2.51. The summed E-state index contributed by atoms with van der Waals surface area (Å²) in [6.07, 6.45) is 4.47. The van der Waals surface area contributed by atoms with Crippen molar-refractivity contribution in [3.05, 3.63) is 11.6 Å². The molecule has 3 heterocycles. The molecule has 0 saturated carbocycles. The molecule has 0 N–H and O–H groups in total. The number of rotatable bonds is 2. The first kappa shape index (κ1) is 13.0. The number of nitrogens with zero attached hydrogens (tertiary/aromatic N) is 4. The summed E-state index contributed by atoms with van der Waals surface area (Å²) >= 11 is 0. The molecule has 0 radical (unpaired) electrons. The summed E-state index contributed by atoms with van der Waals surface area (Å²) in [4.78, 5) is 0. The maximum absolute atomic E-state index is 12.9. The van der Waals surface area contributed by atoms with Gasteiger partial charge in [0.1, 0.15) is 11.6 Å². The van der Waals surface area contributed by atoms with Gasteiger partial charge < -0.3 is 4.57 Å². The molecule has 0 aliphatic carbocycles. The Morgan fingerprint density at radius 3 is 2.53 bits per heavy atom. The molecule has 1 aromatic rings. The second-order valence-corrected chi connectivity index (χ2v) is 6.54. The lowest BCUT2D eigenvalue weighted by Crippen LogP contribution is -2.36. The fourth-order valence-corrected chi connectivity index (χ4v) is 3.61. The average Bonchev–Trinajstić information content (AvgIpc) is 2.82. The van der Waals surface area contributed by atoms with Crippen LogP contribution < -0.4 is 0 Å². The quantitative estimate of drug-likeness (QED) is 0.762. The molecule has 0 spiro atoms. The Morgan fingerprint density at radius 1 is 1.11 bits per heavy atom. The second kappa shape index (κ2) is 4.82. The molecule has 106 valence electrons. The van der Waals surface area contributed by atoms with Gasteiger partial charge >= 0.3 is 10.4 Å². The normalized spacial score (nSPS) is 22.4. The van der Waals surface area contributed by atoms with Crippen molar-refractivity contribution in [3.63, 3.8) is 0 Å². The number of aryl methyl sites for hydroxylation is 1. The Labute approximate surface area is 112 Å². The maximum Gasteiger partial charge on any atom is 0.374 e. The average molecular weight is 288 g/mol. The zero-order valence-corrected chi connectivity index (χ0v) is 11.4. The predicted molar refractivity (Wildman–Crippen MR) is 66.5 cm³/mol. The van der Waals surface area contributed by atoms with Gasteiger partial charge in [0.25, 0.3) is 0 Å². The molecule has 6 nitrogen and oxygen atoms in total. The Balaban J connectivity index is 1.74. The smallest absolute Gasteiger partial charge is 0.315 e. The van der Waals surface area contributed by atoms with Gasteiger partial charge in [-0.2, -0.15) is 12.7 Å². The van der Waals surface area contributed by atoms with Gasteiger partial charge in [0.2, 0.25) is 0 Å². The van der Waals surface area contributed by atoms with E-state index in [1.54, 1.807) is 0 Å². The molecule has 19 heavy (non-hydrogen) atoms. The fourth-order valence-electron chi connectivity index (χ4n) is 2.96. The van der Waals surface area contributed by atoms with Gasteiger partial charge in [0.15, 0.2) is 0 Å². The predicted octanol–water partition coefficient (Wildman–Crippen LogP) is 1.01. The van der Waals surface area contributed by atoms with Crippen molar-refractivity contribution in [2.45, 2.75) is 44.6 Å². The monoisotopic (exact) mass is 288 g/mol. The summed E-state index contributed by atoms with van der Waals surface area (Å²) < 4.78 is 37.6. The molecule has 2 aliphatic rings. The van der Waals surface area contributed by atoms with Crippen LogP contribution in [0.4, 0.5) is 3.89 Å². The Bertz CT molecular complexity index is 563. The maximum atomic E-state index is 12.9. The zero-order valence-electron chi connectivity index (χ0n) is 10.6. The van der Waals surface area contributed by atoms with Crippen LogP contribution in [0.2, 0.25) is 0 Å². The van der Waals surface area contributed by atoms with Crippen molar-refractivity contribution in [2.24, 2.45) is 0 Å². The minimum Gasteiger partial charge on any atom is -0.315 e. The van der Waals surface area contributed by atoms with E-state index < -0.39 is 10.4 Å². The van der Waals surface area contributed by atoms with E-state index in [4.69, 9.17) is 0 Å². The third-order valence-corrected chi connectivity index (χ3v) is 5.00. The van der Waals surface area contributed by atoms with Gasteiger partial charge in [-0.1, -0.05) is 3.89 Å². The number of hydrogen-bond acceptors (Lipinski definition) is 4. The van der Waals surface area contributed by atoms with E-state index in [2.05, 4.69) is 14.8 Å².